The summed E-state index contributed by atoms with van der Waals surface area (Å²) in [7, 11) is 0. The summed E-state index contributed by atoms with van der Waals surface area (Å²) in [5, 5.41) is 2.98. The summed E-state index contributed by atoms with van der Waals surface area (Å²) in [4.78, 5) is 28.3. The molecule has 1 saturated carbocycles. The van der Waals surface area contributed by atoms with Crippen molar-refractivity contribution in [1.29, 1.82) is 0 Å². The van der Waals surface area contributed by atoms with E-state index < -0.39 is 17.3 Å². The summed E-state index contributed by atoms with van der Waals surface area (Å²) < 4.78 is 40.4. The SMILES string of the molecule is CC(C)(C)NC(=O)N1CCc2c(-c3cccc(C(F)(F)F)c3)ccc(C(=O)CC[C@H]3C[C@@H]3c3ccccc3)c2C1. The fourth-order valence-corrected chi connectivity index (χ4v) is 5.77. The molecule has 0 spiro atoms. The molecule has 2 atom stereocenters. The van der Waals surface area contributed by atoms with Gasteiger partial charge in [0.15, 0.2) is 5.78 Å². The molecule has 1 aliphatic heterocycles. The molecule has 0 radical (unpaired) electrons. The number of hydrogen-bond donors (Lipinski definition) is 1. The molecule has 1 heterocycles. The molecule has 1 N–H and O–H groups in total. The van der Waals surface area contributed by atoms with Crippen molar-refractivity contribution in [3.63, 3.8) is 0 Å². The molecular formula is C33H35F3N2O2. The fraction of sp³-hybridized carbons (Fsp3) is 0.394. The zero-order valence-corrected chi connectivity index (χ0v) is 23.1. The first-order chi connectivity index (χ1) is 18.9. The van der Waals surface area contributed by atoms with Gasteiger partial charge < -0.3 is 10.2 Å². The zero-order chi connectivity index (χ0) is 28.7. The van der Waals surface area contributed by atoms with Crippen molar-refractivity contribution < 1.29 is 22.8 Å². The van der Waals surface area contributed by atoms with Gasteiger partial charge in [0.1, 0.15) is 0 Å². The van der Waals surface area contributed by atoms with Crippen molar-refractivity contribution in [3.05, 3.63) is 94.5 Å². The van der Waals surface area contributed by atoms with E-state index in [0.717, 1.165) is 36.1 Å². The number of rotatable bonds is 6. The van der Waals surface area contributed by atoms with Gasteiger partial charge >= 0.3 is 12.2 Å². The Labute approximate surface area is 233 Å². The summed E-state index contributed by atoms with van der Waals surface area (Å²) in [6.07, 6.45) is -1.73. The monoisotopic (exact) mass is 548 g/mol. The van der Waals surface area contributed by atoms with Gasteiger partial charge in [0.2, 0.25) is 0 Å². The third-order valence-corrected chi connectivity index (χ3v) is 7.87. The minimum absolute atomic E-state index is 0.0173. The van der Waals surface area contributed by atoms with E-state index in [9.17, 15) is 22.8 Å². The highest BCUT2D eigenvalue weighted by molar-refractivity contribution is 5.99. The number of alkyl halides is 3. The Bertz CT molecular complexity index is 1410. The van der Waals surface area contributed by atoms with Gasteiger partial charge in [0, 0.05) is 30.6 Å². The van der Waals surface area contributed by atoms with E-state index in [2.05, 4.69) is 17.4 Å². The minimum Gasteiger partial charge on any atom is -0.333 e. The van der Waals surface area contributed by atoms with Crippen LogP contribution in [-0.2, 0) is 19.1 Å². The molecule has 1 fully saturated rings. The predicted octanol–water partition coefficient (Wildman–Crippen LogP) is 8.01. The number of nitrogens with one attached hydrogen (secondary N) is 1. The Hall–Kier alpha value is -3.61. The first-order valence-corrected chi connectivity index (χ1v) is 13.9. The highest BCUT2D eigenvalue weighted by Crippen LogP contribution is 2.50. The molecule has 3 aromatic carbocycles. The van der Waals surface area contributed by atoms with Crippen molar-refractivity contribution in [2.24, 2.45) is 5.92 Å². The van der Waals surface area contributed by atoms with Crippen LogP contribution >= 0.6 is 0 Å². The average Bonchev–Trinajstić information content (AvgIpc) is 3.70. The van der Waals surface area contributed by atoms with Gasteiger partial charge in [-0.15, -0.1) is 0 Å². The van der Waals surface area contributed by atoms with Crippen molar-refractivity contribution >= 4 is 11.8 Å². The van der Waals surface area contributed by atoms with Crippen LogP contribution in [0.5, 0.6) is 0 Å². The number of hydrogen-bond acceptors (Lipinski definition) is 2. The second-order valence-corrected chi connectivity index (χ2v) is 12.0. The zero-order valence-electron chi connectivity index (χ0n) is 23.1. The lowest BCUT2D eigenvalue weighted by molar-refractivity contribution is -0.137. The van der Waals surface area contributed by atoms with Gasteiger partial charge in [-0.05, 0) is 91.8 Å². The molecule has 0 aromatic heterocycles. The lowest BCUT2D eigenvalue weighted by Gasteiger charge is -2.34. The van der Waals surface area contributed by atoms with Crippen molar-refractivity contribution in [2.75, 3.05) is 6.54 Å². The molecule has 0 unspecified atom stereocenters. The smallest absolute Gasteiger partial charge is 0.333 e. The van der Waals surface area contributed by atoms with E-state index in [0.29, 0.717) is 47.9 Å². The molecule has 2 aliphatic rings. The second kappa shape index (κ2) is 10.8. The first kappa shape index (κ1) is 27.9. The van der Waals surface area contributed by atoms with Crippen LogP contribution < -0.4 is 5.32 Å². The van der Waals surface area contributed by atoms with E-state index in [4.69, 9.17) is 0 Å². The van der Waals surface area contributed by atoms with Crippen molar-refractivity contribution in [3.8, 4) is 11.1 Å². The summed E-state index contributed by atoms with van der Waals surface area (Å²) in [6.45, 7) is 6.37. The molecular weight excluding hydrogens is 513 g/mol. The van der Waals surface area contributed by atoms with Crippen LogP contribution in [0.15, 0.2) is 66.7 Å². The number of benzene rings is 3. The Morgan fingerprint density at radius 2 is 1.70 bits per heavy atom. The Balaban J connectivity index is 1.42. The molecule has 7 heteroatoms. The summed E-state index contributed by atoms with van der Waals surface area (Å²) in [5.74, 6) is 0.979. The standard InChI is InChI=1S/C33H35F3N2O2/c1-32(2,3)37-31(40)38-17-16-26-25(22-10-7-11-24(18-22)33(34,35)36)13-14-27(29(26)20-38)30(39)15-12-23-19-28(23)21-8-5-4-6-9-21/h4-11,13-14,18,23,28H,12,15-17,19-20H2,1-3H3,(H,37,40)/t23-,28+/m0/s1. The Kier molecular flexibility index (Phi) is 7.51. The van der Waals surface area contributed by atoms with E-state index in [-0.39, 0.29) is 18.4 Å². The maximum atomic E-state index is 13.6. The van der Waals surface area contributed by atoms with Crippen LogP contribution in [0.4, 0.5) is 18.0 Å². The number of carbonyl (C=O) groups is 2. The normalized spacial score (nSPS) is 18.7. The minimum atomic E-state index is -4.45. The summed E-state index contributed by atoms with van der Waals surface area (Å²) in [6, 6.07) is 18.9. The van der Waals surface area contributed by atoms with Crippen molar-refractivity contribution in [1.82, 2.24) is 10.2 Å². The molecule has 1 aliphatic carbocycles. The molecule has 5 rings (SSSR count). The molecule has 2 amide bonds. The van der Waals surface area contributed by atoms with Gasteiger partial charge in [-0.3, -0.25) is 4.79 Å². The molecule has 210 valence electrons. The number of ketones is 1. The topological polar surface area (TPSA) is 49.4 Å². The molecule has 0 bridgehead atoms. The van der Waals surface area contributed by atoms with Gasteiger partial charge in [-0.2, -0.15) is 13.2 Å². The lowest BCUT2D eigenvalue weighted by atomic mass is 9.85. The van der Waals surface area contributed by atoms with Crippen LogP contribution in [-0.4, -0.2) is 28.8 Å². The Morgan fingerprint density at radius 1 is 0.950 bits per heavy atom. The van der Waals surface area contributed by atoms with E-state index >= 15 is 0 Å². The second-order valence-electron chi connectivity index (χ2n) is 12.0. The van der Waals surface area contributed by atoms with Gasteiger partial charge in [-0.1, -0.05) is 54.6 Å². The van der Waals surface area contributed by atoms with Crippen LogP contribution in [0.2, 0.25) is 0 Å². The lowest BCUT2D eigenvalue weighted by Crippen LogP contribution is -2.50. The largest absolute Gasteiger partial charge is 0.416 e. The van der Waals surface area contributed by atoms with Gasteiger partial charge in [-0.25, -0.2) is 4.79 Å². The number of carbonyl (C=O) groups excluding carboxylic acids is 2. The molecule has 3 aromatic rings. The van der Waals surface area contributed by atoms with Crippen LogP contribution in [0.25, 0.3) is 11.1 Å². The maximum Gasteiger partial charge on any atom is 0.416 e. The van der Waals surface area contributed by atoms with Gasteiger partial charge in [0.25, 0.3) is 0 Å². The highest BCUT2D eigenvalue weighted by Gasteiger charge is 2.38. The first-order valence-electron chi connectivity index (χ1n) is 13.9. The van der Waals surface area contributed by atoms with E-state index in [1.54, 1.807) is 23.1 Å². The van der Waals surface area contributed by atoms with Crippen molar-refractivity contribution in [2.45, 2.75) is 70.6 Å². The predicted molar refractivity (Wildman–Crippen MR) is 150 cm³/mol. The quantitative estimate of drug-likeness (QED) is 0.317. The highest BCUT2D eigenvalue weighted by atomic mass is 19.4. The fourth-order valence-electron chi connectivity index (χ4n) is 5.77. The van der Waals surface area contributed by atoms with Crippen LogP contribution in [0.3, 0.4) is 0 Å². The average molecular weight is 549 g/mol. The third-order valence-electron chi connectivity index (χ3n) is 7.87. The third kappa shape index (κ3) is 6.24. The number of nitrogens with zero attached hydrogens (tertiary/aromatic N) is 1. The van der Waals surface area contributed by atoms with E-state index in [1.165, 1.54) is 11.6 Å². The Morgan fingerprint density at radius 3 is 2.40 bits per heavy atom. The van der Waals surface area contributed by atoms with E-state index in [1.807, 2.05) is 39.0 Å². The summed E-state index contributed by atoms with van der Waals surface area (Å²) in [5.41, 5.74) is 3.47. The maximum absolute atomic E-state index is 13.6. The molecule has 4 nitrogen and oxygen atoms in total. The number of halogens is 3. The van der Waals surface area contributed by atoms with Crippen LogP contribution in [0, 0.1) is 5.92 Å². The van der Waals surface area contributed by atoms with Gasteiger partial charge in [0.05, 0.1) is 5.56 Å². The van der Waals surface area contributed by atoms with Crippen LogP contribution in [0.1, 0.15) is 78.6 Å². The number of Topliss-reactive ketones (excluding diaryl/α,β-unsaturated/α-hetero) is 1. The number of fused-ring (bicyclic) bond motifs is 1. The number of amides is 2. The number of urea groups is 1. The molecule has 0 saturated heterocycles. The summed E-state index contributed by atoms with van der Waals surface area (Å²) >= 11 is 0. The molecule has 40 heavy (non-hydrogen) atoms.